The van der Waals surface area contributed by atoms with Gasteiger partial charge in [0.15, 0.2) is 5.17 Å². The van der Waals surface area contributed by atoms with E-state index in [9.17, 15) is 4.79 Å². The molecule has 0 aromatic rings. The van der Waals surface area contributed by atoms with Crippen LogP contribution in [0.3, 0.4) is 0 Å². The van der Waals surface area contributed by atoms with Crippen molar-refractivity contribution >= 4 is 22.8 Å². The summed E-state index contributed by atoms with van der Waals surface area (Å²) < 4.78 is 0. The lowest BCUT2D eigenvalue weighted by atomic mass is 10.7. The number of amidine groups is 1. The summed E-state index contributed by atoms with van der Waals surface area (Å²) in [6.45, 7) is 1.60. The molecule has 0 unspecified atom stereocenters. The number of hydroxylamine groups is 1. The maximum Gasteiger partial charge on any atom is 0.253 e. The molecule has 0 fully saturated rings. The Morgan fingerprint density at radius 1 is 1.91 bits per heavy atom. The monoisotopic (exact) mass is 175 g/mol. The topological polar surface area (TPSA) is 73.7 Å². The molecular formula is C5H9N3O2S. The van der Waals surface area contributed by atoms with Crippen LogP contribution < -0.4 is 10.8 Å². The fourth-order valence-electron chi connectivity index (χ4n) is 0.639. The second kappa shape index (κ2) is 4.20. The van der Waals surface area contributed by atoms with Crippen LogP contribution in [0.15, 0.2) is 4.99 Å². The highest BCUT2D eigenvalue weighted by Gasteiger charge is 2.07. The Morgan fingerprint density at radius 3 is 3.27 bits per heavy atom. The van der Waals surface area contributed by atoms with Crippen LogP contribution in [0.5, 0.6) is 0 Å². The van der Waals surface area contributed by atoms with Crippen molar-refractivity contribution in [3.8, 4) is 0 Å². The first kappa shape index (κ1) is 8.35. The van der Waals surface area contributed by atoms with Gasteiger partial charge in [0.1, 0.15) is 0 Å². The number of carbonyl (C=O) groups excluding carboxylic acids is 1. The van der Waals surface area contributed by atoms with E-state index in [4.69, 9.17) is 5.21 Å². The van der Waals surface area contributed by atoms with Crippen LogP contribution in [0.1, 0.15) is 0 Å². The predicted molar refractivity (Wildman–Crippen MR) is 42.7 cm³/mol. The fraction of sp³-hybridized carbons (Fsp3) is 0.600. The van der Waals surface area contributed by atoms with Gasteiger partial charge >= 0.3 is 0 Å². The molecule has 0 aromatic carbocycles. The van der Waals surface area contributed by atoms with Gasteiger partial charge in [0.2, 0.25) is 0 Å². The van der Waals surface area contributed by atoms with Crippen LogP contribution in [0.2, 0.25) is 0 Å². The zero-order valence-electron chi connectivity index (χ0n) is 5.83. The first-order valence-electron chi connectivity index (χ1n) is 3.17. The minimum Gasteiger partial charge on any atom is -0.363 e. The Bertz CT molecular complexity index is 183. The third kappa shape index (κ3) is 2.77. The van der Waals surface area contributed by atoms with Gasteiger partial charge in [-0.3, -0.25) is 15.0 Å². The molecular weight excluding hydrogens is 166 g/mol. The summed E-state index contributed by atoms with van der Waals surface area (Å²) in [5, 5.41) is 11.9. The van der Waals surface area contributed by atoms with Crippen LogP contribution in [0, 0.1) is 0 Å². The van der Waals surface area contributed by atoms with E-state index in [-0.39, 0.29) is 5.75 Å². The molecule has 5 nitrogen and oxygen atoms in total. The molecule has 62 valence electrons. The largest absolute Gasteiger partial charge is 0.363 e. The molecule has 1 heterocycles. The lowest BCUT2D eigenvalue weighted by molar-refractivity contribution is -0.126. The Kier molecular flexibility index (Phi) is 3.18. The molecule has 1 aliphatic heterocycles. The van der Waals surface area contributed by atoms with E-state index in [1.807, 2.05) is 0 Å². The first-order chi connectivity index (χ1) is 5.33. The molecule has 0 bridgehead atoms. The molecule has 0 atom stereocenters. The highest BCUT2D eigenvalue weighted by molar-refractivity contribution is 8.14. The Balaban J connectivity index is 2.16. The van der Waals surface area contributed by atoms with E-state index in [0.717, 1.165) is 18.3 Å². The summed E-state index contributed by atoms with van der Waals surface area (Å²) in [6.07, 6.45) is 0. The molecule has 0 saturated heterocycles. The van der Waals surface area contributed by atoms with Crippen LogP contribution in [-0.2, 0) is 4.79 Å². The molecule has 6 heteroatoms. The molecule has 1 aliphatic rings. The Labute approximate surface area is 68.2 Å². The van der Waals surface area contributed by atoms with Crippen LogP contribution in [0.25, 0.3) is 0 Å². The van der Waals surface area contributed by atoms with Gasteiger partial charge in [0, 0.05) is 6.54 Å². The number of amides is 1. The van der Waals surface area contributed by atoms with Crippen molar-refractivity contribution < 1.29 is 10.0 Å². The van der Waals surface area contributed by atoms with Gasteiger partial charge in [0.05, 0.1) is 12.3 Å². The highest BCUT2D eigenvalue weighted by Crippen LogP contribution is 2.03. The zero-order valence-corrected chi connectivity index (χ0v) is 6.65. The third-order valence-electron chi connectivity index (χ3n) is 1.11. The summed E-state index contributed by atoms with van der Waals surface area (Å²) in [6, 6.07) is 0. The Hall–Kier alpha value is -0.750. The lowest BCUT2D eigenvalue weighted by Gasteiger charge is -1.99. The number of aliphatic imine (C=N–C) groups is 1. The number of carbonyl (C=O) groups is 1. The molecule has 0 aliphatic carbocycles. The zero-order chi connectivity index (χ0) is 8.10. The van der Waals surface area contributed by atoms with Gasteiger partial charge < -0.3 is 5.32 Å². The molecule has 11 heavy (non-hydrogen) atoms. The van der Waals surface area contributed by atoms with E-state index >= 15 is 0 Å². The van der Waals surface area contributed by atoms with E-state index in [1.165, 1.54) is 11.8 Å². The maximum atomic E-state index is 10.5. The maximum absolute atomic E-state index is 10.5. The predicted octanol–water partition coefficient (Wildman–Crippen LogP) is -0.816. The van der Waals surface area contributed by atoms with Gasteiger partial charge in [-0.15, -0.1) is 0 Å². The summed E-state index contributed by atoms with van der Waals surface area (Å²) >= 11 is 1.28. The van der Waals surface area contributed by atoms with Crippen LogP contribution in [0.4, 0.5) is 0 Å². The van der Waals surface area contributed by atoms with Crippen molar-refractivity contribution in [2.45, 2.75) is 0 Å². The van der Waals surface area contributed by atoms with Gasteiger partial charge in [-0.1, -0.05) is 11.8 Å². The van der Waals surface area contributed by atoms with Gasteiger partial charge in [0.25, 0.3) is 5.91 Å². The van der Waals surface area contributed by atoms with E-state index in [2.05, 4.69) is 10.3 Å². The normalized spacial score (nSPS) is 15.5. The van der Waals surface area contributed by atoms with Crippen molar-refractivity contribution in [2.75, 3.05) is 18.8 Å². The summed E-state index contributed by atoms with van der Waals surface area (Å²) in [5.74, 6) is -0.214. The average molecular weight is 175 g/mol. The van der Waals surface area contributed by atoms with Crippen molar-refractivity contribution in [3.63, 3.8) is 0 Å². The van der Waals surface area contributed by atoms with Crippen LogP contribution in [-0.4, -0.2) is 35.1 Å². The van der Waals surface area contributed by atoms with Crippen molar-refractivity contribution in [2.24, 2.45) is 4.99 Å². The van der Waals surface area contributed by atoms with Gasteiger partial charge in [-0.2, -0.15) is 0 Å². The molecule has 0 saturated carbocycles. The van der Waals surface area contributed by atoms with E-state index < -0.39 is 5.91 Å². The number of hydrogen-bond acceptors (Lipinski definition) is 5. The smallest absolute Gasteiger partial charge is 0.253 e. The second-order valence-corrected chi connectivity index (χ2v) is 2.90. The molecule has 0 aromatic heterocycles. The standard InChI is InChI=1S/C5H9N3O2S/c9-4(8-10)3-11-5-6-1-2-7-5/h10H,1-3H2,(H,6,7)(H,8,9). The summed E-state index contributed by atoms with van der Waals surface area (Å²) in [5.41, 5.74) is 1.55. The minimum atomic E-state index is -0.411. The van der Waals surface area contributed by atoms with E-state index in [1.54, 1.807) is 5.48 Å². The second-order valence-electron chi connectivity index (χ2n) is 1.94. The molecule has 0 radical (unpaired) electrons. The minimum absolute atomic E-state index is 0.197. The average Bonchev–Trinajstić information content (AvgIpc) is 2.52. The van der Waals surface area contributed by atoms with Crippen molar-refractivity contribution in [1.82, 2.24) is 10.8 Å². The first-order valence-corrected chi connectivity index (χ1v) is 4.15. The Morgan fingerprint density at radius 2 is 2.73 bits per heavy atom. The lowest BCUT2D eigenvalue weighted by Crippen LogP contribution is -2.23. The van der Waals surface area contributed by atoms with Gasteiger partial charge in [-0.25, -0.2) is 5.48 Å². The number of nitrogens with zero attached hydrogens (tertiary/aromatic N) is 1. The van der Waals surface area contributed by atoms with Crippen LogP contribution >= 0.6 is 11.8 Å². The highest BCUT2D eigenvalue weighted by atomic mass is 32.2. The number of rotatable bonds is 2. The van der Waals surface area contributed by atoms with E-state index in [0.29, 0.717) is 0 Å². The fourth-order valence-corrected chi connectivity index (χ4v) is 1.36. The van der Waals surface area contributed by atoms with Crippen molar-refractivity contribution in [3.05, 3.63) is 0 Å². The quantitative estimate of drug-likeness (QED) is 0.379. The number of nitrogens with one attached hydrogen (secondary N) is 2. The number of thioether (sulfide) groups is 1. The molecule has 1 rings (SSSR count). The summed E-state index contributed by atoms with van der Waals surface area (Å²) in [7, 11) is 0. The van der Waals surface area contributed by atoms with Crippen molar-refractivity contribution in [1.29, 1.82) is 0 Å². The molecule has 0 spiro atoms. The third-order valence-corrected chi connectivity index (χ3v) is 2.06. The number of hydrogen-bond donors (Lipinski definition) is 3. The SMILES string of the molecule is O=C(CSC1=NCCN1)NO. The molecule has 1 amide bonds. The summed E-state index contributed by atoms with van der Waals surface area (Å²) in [4.78, 5) is 14.6. The molecule has 3 N–H and O–H groups in total. The van der Waals surface area contributed by atoms with Gasteiger partial charge in [-0.05, 0) is 0 Å².